The van der Waals surface area contributed by atoms with Crippen LogP contribution in [-0.4, -0.2) is 35.2 Å². The lowest BCUT2D eigenvalue weighted by molar-refractivity contribution is 0.217. The van der Waals surface area contributed by atoms with Crippen LogP contribution in [0.5, 0.6) is 0 Å². The minimum Gasteiger partial charge on any atom is -0.398 e. The molecule has 0 spiro atoms. The van der Waals surface area contributed by atoms with E-state index < -0.39 is 0 Å². The molecule has 0 aromatic carbocycles. The van der Waals surface area contributed by atoms with Gasteiger partial charge in [-0.25, -0.2) is 4.79 Å². The van der Waals surface area contributed by atoms with E-state index in [1.807, 2.05) is 25.1 Å². The molecule has 4 N–H and O–H groups in total. The van der Waals surface area contributed by atoms with Crippen molar-refractivity contribution in [1.82, 2.24) is 15.2 Å². The fourth-order valence-electron chi connectivity index (χ4n) is 2.68. The van der Waals surface area contributed by atoms with E-state index in [0.29, 0.717) is 29.9 Å². The molecule has 2 amide bonds. The van der Waals surface area contributed by atoms with E-state index in [1.165, 1.54) is 0 Å². The zero-order valence-electron chi connectivity index (χ0n) is 13.2. The Morgan fingerprint density at radius 2 is 2.17 bits per heavy atom. The maximum atomic E-state index is 11.9. The topological polar surface area (TPSA) is 95.1 Å². The van der Waals surface area contributed by atoms with Crippen LogP contribution in [-0.2, 0) is 0 Å². The van der Waals surface area contributed by atoms with Gasteiger partial charge < -0.3 is 16.0 Å². The normalized spacial score (nSPS) is 17.8. The number of hydrogen-bond acceptors (Lipinski definition) is 4. The van der Waals surface area contributed by atoms with Crippen LogP contribution in [0.3, 0.4) is 0 Å². The SMILES string of the molecule is Cc1ccc(C(=N)C2=C(N)C=C3CC(=C2)CN(C)C(=O)N3)cn1. The first-order valence-corrected chi connectivity index (χ1v) is 7.38. The molecule has 2 aliphatic rings. The Bertz CT molecular complexity index is 771. The van der Waals surface area contributed by atoms with Gasteiger partial charge in [0.1, 0.15) is 0 Å². The molecule has 2 heterocycles. The Morgan fingerprint density at radius 3 is 2.87 bits per heavy atom. The van der Waals surface area contributed by atoms with Crippen molar-refractivity contribution in [2.24, 2.45) is 5.73 Å². The van der Waals surface area contributed by atoms with Gasteiger partial charge in [-0.2, -0.15) is 0 Å². The largest absolute Gasteiger partial charge is 0.398 e. The lowest BCUT2D eigenvalue weighted by atomic mass is 10.00. The zero-order chi connectivity index (χ0) is 16.6. The third-order valence-corrected chi connectivity index (χ3v) is 3.93. The maximum absolute atomic E-state index is 11.9. The number of hydrogen-bond donors (Lipinski definition) is 3. The number of carbonyl (C=O) groups excluding carboxylic acids is 1. The Balaban J connectivity index is 2.03. The molecule has 1 aromatic rings. The van der Waals surface area contributed by atoms with Crippen molar-refractivity contribution < 1.29 is 4.79 Å². The van der Waals surface area contributed by atoms with Crippen LogP contribution >= 0.6 is 0 Å². The molecular formula is C17H19N5O. The van der Waals surface area contributed by atoms with Crippen molar-refractivity contribution in [3.63, 3.8) is 0 Å². The minimum absolute atomic E-state index is 0.145. The highest BCUT2D eigenvalue weighted by Crippen LogP contribution is 2.24. The van der Waals surface area contributed by atoms with Crippen molar-refractivity contribution in [1.29, 1.82) is 5.41 Å². The number of allylic oxidation sites excluding steroid dienone is 4. The van der Waals surface area contributed by atoms with Gasteiger partial charge in [-0.1, -0.05) is 0 Å². The highest BCUT2D eigenvalue weighted by Gasteiger charge is 2.22. The summed E-state index contributed by atoms with van der Waals surface area (Å²) in [5.41, 5.74) is 11.1. The van der Waals surface area contributed by atoms with Gasteiger partial charge in [-0.15, -0.1) is 0 Å². The first-order chi connectivity index (χ1) is 10.9. The number of amides is 2. The number of pyridine rings is 1. The van der Waals surface area contributed by atoms with Crippen LogP contribution in [0, 0.1) is 12.3 Å². The number of nitrogens with two attached hydrogens (primary N) is 1. The van der Waals surface area contributed by atoms with E-state index in [9.17, 15) is 4.79 Å². The molecule has 1 aromatic heterocycles. The number of carbonyl (C=O) groups is 1. The zero-order valence-corrected chi connectivity index (χ0v) is 13.2. The summed E-state index contributed by atoms with van der Waals surface area (Å²) in [5, 5.41) is 11.3. The van der Waals surface area contributed by atoms with Crippen molar-refractivity contribution in [3.05, 3.63) is 64.3 Å². The number of aryl methyl sites for hydroxylation is 1. The number of urea groups is 1. The van der Waals surface area contributed by atoms with Gasteiger partial charge in [0.2, 0.25) is 0 Å². The van der Waals surface area contributed by atoms with Crippen molar-refractivity contribution in [2.75, 3.05) is 13.6 Å². The van der Waals surface area contributed by atoms with E-state index in [2.05, 4.69) is 10.3 Å². The highest BCUT2D eigenvalue weighted by atomic mass is 16.2. The van der Waals surface area contributed by atoms with Gasteiger partial charge in [0, 0.05) is 54.4 Å². The van der Waals surface area contributed by atoms with Crippen LogP contribution in [0.15, 0.2) is 53.0 Å². The summed E-state index contributed by atoms with van der Waals surface area (Å²) in [7, 11) is 1.75. The molecule has 0 saturated carbocycles. The molecule has 2 bridgehead atoms. The predicted molar refractivity (Wildman–Crippen MR) is 89.0 cm³/mol. The third kappa shape index (κ3) is 3.01. The lowest BCUT2D eigenvalue weighted by Gasteiger charge is -2.16. The monoisotopic (exact) mass is 309 g/mol. The van der Waals surface area contributed by atoms with Gasteiger partial charge >= 0.3 is 6.03 Å². The molecular weight excluding hydrogens is 290 g/mol. The Kier molecular flexibility index (Phi) is 3.73. The molecule has 23 heavy (non-hydrogen) atoms. The van der Waals surface area contributed by atoms with Crippen LogP contribution < -0.4 is 11.1 Å². The van der Waals surface area contributed by atoms with Gasteiger partial charge in [0.15, 0.2) is 0 Å². The highest BCUT2D eigenvalue weighted by molar-refractivity contribution is 6.13. The molecule has 0 unspecified atom stereocenters. The second-order valence-electron chi connectivity index (χ2n) is 5.87. The molecule has 0 radical (unpaired) electrons. The summed E-state index contributed by atoms with van der Waals surface area (Å²) in [4.78, 5) is 17.7. The molecule has 6 nitrogen and oxygen atoms in total. The summed E-state index contributed by atoms with van der Waals surface area (Å²) in [5.74, 6) is 0. The molecule has 1 aliphatic heterocycles. The predicted octanol–water partition coefficient (Wildman–Crippen LogP) is 1.84. The van der Waals surface area contributed by atoms with Crippen LogP contribution in [0.25, 0.3) is 0 Å². The van der Waals surface area contributed by atoms with Crippen molar-refractivity contribution in [3.8, 4) is 0 Å². The summed E-state index contributed by atoms with van der Waals surface area (Å²) >= 11 is 0. The third-order valence-electron chi connectivity index (χ3n) is 3.93. The average molecular weight is 309 g/mol. The fourth-order valence-corrected chi connectivity index (χ4v) is 2.68. The van der Waals surface area contributed by atoms with Crippen LogP contribution in [0.1, 0.15) is 17.7 Å². The van der Waals surface area contributed by atoms with E-state index in [1.54, 1.807) is 24.2 Å². The number of likely N-dealkylation sites (N-methyl/N-ethyl adjacent to an activating group) is 1. The number of aromatic nitrogens is 1. The molecule has 1 saturated heterocycles. The lowest BCUT2D eigenvalue weighted by Crippen LogP contribution is -2.35. The summed E-state index contributed by atoms with van der Waals surface area (Å²) in [6.45, 7) is 2.42. The number of fused-ring (bicyclic) bond motifs is 2. The summed E-state index contributed by atoms with van der Waals surface area (Å²) in [6.07, 6.45) is 5.96. The first-order valence-electron chi connectivity index (χ1n) is 7.38. The van der Waals surface area contributed by atoms with E-state index in [-0.39, 0.29) is 6.03 Å². The van der Waals surface area contributed by atoms with Crippen LogP contribution in [0.4, 0.5) is 4.79 Å². The molecule has 3 rings (SSSR count). The second-order valence-corrected chi connectivity index (χ2v) is 5.87. The Labute approximate surface area is 134 Å². The minimum atomic E-state index is -0.145. The Morgan fingerprint density at radius 1 is 1.39 bits per heavy atom. The smallest absolute Gasteiger partial charge is 0.321 e. The maximum Gasteiger partial charge on any atom is 0.321 e. The number of nitrogens with one attached hydrogen (secondary N) is 2. The summed E-state index contributed by atoms with van der Waals surface area (Å²) in [6, 6.07) is 3.60. The van der Waals surface area contributed by atoms with E-state index in [4.69, 9.17) is 11.1 Å². The molecule has 118 valence electrons. The van der Waals surface area contributed by atoms with E-state index in [0.717, 1.165) is 22.5 Å². The number of rotatable bonds is 2. The van der Waals surface area contributed by atoms with Gasteiger partial charge in [-0.05, 0) is 36.8 Å². The summed E-state index contributed by atoms with van der Waals surface area (Å²) < 4.78 is 0. The van der Waals surface area contributed by atoms with Gasteiger partial charge in [0.25, 0.3) is 0 Å². The van der Waals surface area contributed by atoms with Crippen molar-refractivity contribution in [2.45, 2.75) is 13.3 Å². The molecule has 0 atom stereocenters. The molecule has 1 fully saturated rings. The second kappa shape index (κ2) is 5.72. The number of nitrogens with zero attached hydrogens (tertiary/aromatic N) is 2. The fraction of sp³-hybridized carbons (Fsp3) is 0.235. The van der Waals surface area contributed by atoms with Gasteiger partial charge in [0.05, 0.1) is 5.71 Å². The van der Waals surface area contributed by atoms with E-state index >= 15 is 0 Å². The van der Waals surface area contributed by atoms with Gasteiger partial charge in [-0.3, -0.25) is 10.4 Å². The van der Waals surface area contributed by atoms with Crippen LogP contribution in [0.2, 0.25) is 0 Å². The molecule has 1 aliphatic carbocycles. The quantitative estimate of drug-likeness (QED) is 0.727. The Hall–Kier alpha value is -2.89. The first kappa shape index (κ1) is 15.0. The average Bonchev–Trinajstić information content (AvgIpc) is 2.73. The standard InChI is InChI=1S/C17H19N5O/c1-10-3-4-12(8-20-10)16(19)14-6-11-5-13(7-15(14)18)21-17(23)22(2)9-11/h3-4,6-8,19H,5,9,18H2,1-2H3,(H,21,23). The van der Waals surface area contributed by atoms with Crippen molar-refractivity contribution >= 4 is 11.7 Å². The molecule has 6 heteroatoms.